The molecule has 1 heterocycles. The summed E-state index contributed by atoms with van der Waals surface area (Å²) in [6, 6.07) is 19.7. The Balaban J connectivity index is 1.57. The first-order valence-electron chi connectivity index (χ1n) is 8.78. The Morgan fingerprint density at radius 3 is 2.07 bits per heavy atom. The average molecular weight is 404 g/mol. The van der Waals surface area contributed by atoms with Crippen molar-refractivity contribution in [3.05, 3.63) is 89.5 Å². The number of rotatable bonds is 4. The maximum Gasteiger partial charge on any atom is 0.266 e. The number of anilines is 2. The molecule has 29 heavy (non-hydrogen) atoms. The molecular formula is C22H16N2O4S. The van der Waals surface area contributed by atoms with Crippen molar-refractivity contribution in [1.82, 2.24) is 0 Å². The number of imide groups is 1. The molecule has 6 nitrogen and oxygen atoms in total. The Morgan fingerprint density at radius 2 is 1.48 bits per heavy atom. The summed E-state index contributed by atoms with van der Waals surface area (Å²) in [5.74, 6) is -1.13. The first kappa shape index (κ1) is 18.8. The van der Waals surface area contributed by atoms with E-state index in [4.69, 9.17) is 0 Å². The number of fused-ring (bicyclic) bond motifs is 1. The highest BCUT2D eigenvalue weighted by molar-refractivity contribution is 7.84. The van der Waals surface area contributed by atoms with Crippen molar-refractivity contribution < 1.29 is 18.6 Å². The van der Waals surface area contributed by atoms with Crippen molar-refractivity contribution in [2.75, 3.05) is 16.5 Å². The first-order chi connectivity index (χ1) is 14.0. The van der Waals surface area contributed by atoms with E-state index >= 15 is 0 Å². The van der Waals surface area contributed by atoms with Crippen molar-refractivity contribution in [3.8, 4) is 0 Å². The number of hydrogen-bond acceptors (Lipinski definition) is 4. The number of carbonyl (C=O) groups excluding carboxylic acids is 3. The van der Waals surface area contributed by atoms with Gasteiger partial charge in [0, 0.05) is 33.2 Å². The molecule has 0 fully saturated rings. The van der Waals surface area contributed by atoms with Gasteiger partial charge in [-0.2, -0.15) is 0 Å². The number of nitrogens with one attached hydrogen (secondary N) is 1. The van der Waals surface area contributed by atoms with Crippen LogP contribution in [0.5, 0.6) is 0 Å². The third kappa shape index (κ3) is 3.48. The maximum atomic E-state index is 12.6. The van der Waals surface area contributed by atoms with Gasteiger partial charge in [-0.05, 0) is 54.6 Å². The van der Waals surface area contributed by atoms with Gasteiger partial charge in [0.25, 0.3) is 17.7 Å². The molecule has 1 N–H and O–H groups in total. The topological polar surface area (TPSA) is 83.6 Å². The van der Waals surface area contributed by atoms with Crippen LogP contribution in [0.3, 0.4) is 0 Å². The third-order valence-electron chi connectivity index (χ3n) is 4.60. The molecule has 0 bridgehead atoms. The summed E-state index contributed by atoms with van der Waals surface area (Å²) in [5, 5.41) is 2.76. The van der Waals surface area contributed by atoms with Gasteiger partial charge in [-0.15, -0.1) is 0 Å². The molecule has 1 aliphatic heterocycles. The fourth-order valence-electron chi connectivity index (χ4n) is 3.15. The van der Waals surface area contributed by atoms with E-state index in [1.54, 1.807) is 79.1 Å². The minimum Gasteiger partial charge on any atom is -0.322 e. The van der Waals surface area contributed by atoms with Gasteiger partial charge >= 0.3 is 0 Å². The van der Waals surface area contributed by atoms with Gasteiger partial charge in [-0.3, -0.25) is 18.6 Å². The summed E-state index contributed by atoms with van der Waals surface area (Å²) in [4.78, 5) is 39.5. The van der Waals surface area contributed by atoms with E-state index in [0.29, 0.717) is 33.0 Å². The number of amides is 3. The van der Waals surface area contributed by atoms with Gasteiger partial charge in [0.2, 0.25) is 0 Å². The van der Waals surface area contributed by atoms with E-state index in [1.165, 1.54) is 0 Å². The van der Waals surface area contributed by atoms with E-state index in [2.05, 4.69) is 5.32 Å². The lowest BCUT2D eigenvalue weighted by molar-refractivity contribution is 0.0925. The van der Waals surface area contributed by atoms with E-state index in [9.17, 15) is 18.6 Å². The van der Waals surface area contributed by atoms with Crippen molar-refractivity contribution in [1.29, 1.82) is 0 Å². The molecule has 3 aromatic rings. The molecule has 0 saturated carbocycles. The van der Waals surface area contributed by atoms with Gasteiger partial charge in [0.1, 0.15) is 0 Å². The molecule has 4 rings (SSSR count). The smallest absolute Gasteiger partial charge is 0.266 e. The van der Waals surface area contributed by atoms with Gasteiger partial charge in [-0.25, -0.2) is 4.90 Å². The second kappa shape index (κ2) is 7.44. The average Bonchev–Trinajstić information content (AvgIpc) is 2.99. The van der Waals surface area contributed by atoms with Crippen molar-refractivity contribution >= 4 is 39.9 Å². The zero-order valence-electron chi connectivity index (χ0n) is 15.4. The van der Waals surface area contributed by atoms with Gasteiger partial charge in [-0.1, -0.05) is 18.2 Å². The zero-order chi connectivity index (χ0) is 20.5. The van der Waals surface area contributed by atoms with E-state index in [0.717, 1.165) is 4.90 Å². The molecule has 0 spiro atoms. The number of carbonyl (C=O) groups is 3. The van der Waals surface area contributed by atoms with E-state index in [1.807, 2.05) is 0 Å². The second-order valence-electron chi connectivity index (χ2n) is 6.47. The number of benzene rings is 3. The second-order valence-corrected chi connectivity index (χ2v) is 7.85. The van der Waals surface area contributed by atoms with Crippen LogP contribution in [0, 0.1) is 0 Å². The molecule has 1 unspecified atom stereocenters. The van der Waals surface area contributed by atoms with Crippen LogP contribution < -0.4 is 10.2 Å². The normalized spacial score (nSPS) is 13.9. The quantitative estimate of drug-likeness (QED) is 0.675. The summed E-state index contributed by atoms with van der Waals surface area (Å²) >= 11 is 0. The van der Waals surface area contributed by atoms with Crippen LogP contribution in [0.2, 0.25) is 0 Å². The zero-order valence-corrected chi connectivity index (χ0v) is 16.2. The molecule has 144 valence electrons. The lowest BCUT2D eigenvalue weighted by Gasteiger charge is -2.15. The Bertz CT molecular complexity index is 1140. The minimum absolute atomic E-state index is 0.349. The molecule has 1 aliphatic rings. The van der Waals surface area contributed by atoms with Gasteiger partial charge < -0.3 is 5.32 Å². The van der Waals surface area contributed by atoms with Crippen molar-refractivity contribution in [3.63, 3.8) is 0 Å². The SMILES string of the molecule is CS(=O)c1ccc(C(=O)Nc2cccc(N3C(=O)c4ccccc4C3=O)c2)cc1. The summed E-state index contributed by atoms with van der Waals surface area (Å²) in [6.45, 7) is 0. The predicted molar refractivity (Wildman–Crippen MR) is 111 cm³/mol. The standard InChI is InChI=1S/C22H16N2O4S/c1-29(28)17-11-9-14(10-12-17)20(25)23-15-5-4-6-16(13-15)24-21(26)18-7-2-3-8-19(18)22(24)27/h2-13H,1H3,(H,23,25). The van der Waals surface area contributed by atoms with Crippen LogP contribution in [0.15, 0.2) is 77.7 Å². The van der Waals surface area contributed by atoms with Crippen LogP contribution >= 0.6 is 0 Å². The number of nitrogens with zero attached hydrogens (tertiary/aromatic N) is 1. The van der Waals surface area contributed by atoms with E-state index < -0.39 is 22.6 Å². The van der Waals surface area contributed by atoms with Crippen molar-refractivity contribution in [2.24, 2.45) is 0 Å². The first-order valence-corrected chi connectivity index (χ1v) is 10.3. The molecule has 3 aromatic carbocycles. The fourth-order valence-corrected chi connectivity index (χ4v) is 3.67. The van der Waals surface area contributed by atoms with Crippen LogP contribution in [-0.2, 0) is 10.8 Å². The Labute approximate surface area is 169 Å². The van der Waals surface area contributed by atoms with Crippen molar-refractivity contribution in [2.45, 2.75) is 4.90 Å². The Hall–Kier alpha value is -3.58. The molecule has 3 amide bonds. The largest absolute Gasteiger partial charge is 0.322 e. The monoisotopic (exact) mass is 404 g/mol. The molecular weight excluding hydrogens is 388 g/mol. The molecule has 0 saturated heterocycles. The molecule has 0 aliphatic carbocycles. The summed E-state index contributed by atoms with van der Waals surface area (Å²) in [6.07, 6.45) is 1.57. The fraction of sp³-hybridized carbons (Fsp3) is 0.0455. The third-order valence-corrected chi connectivity index (χ3v) is 5.54. The van der Waals surface area contributed by atoms with E-state index in [-0.39, 0.29) is 5.91 Å². The van der Waals surface area contributed by atoms with Crippen LogP contribution in [-0.4, -0.2) is 28.2 Å². The Kier molecular flexibility index (Phi) is 4.82. The maximum absolute atomic E-state index is 12.6. The summed E-state index contributed by atoms with van der Waals surface area (Å²) in [5.41, 5.74) is 1.96. The van der Waals surface area contributed by atoms with Gasteiger partial charge in [0.15, 0.2) is 0 Å². The highest BCUT2D eigenvalue weighted by Crippen LogP contribution is 2.29. The molecule has 1 atom stereocenters. The van der Waals surface area contributed by atoms with Crippen LogP contribution in [0.1, 0.15) is 31.1 Å². The lowest BCUT2D eigenvalue weighted by atomic mass is 10.1. The van der Waals surface area contributed by atoms with Crippen LogP contribution in [0.25, 0.3) is 0 Å². The minimum atomic E-state index is -1.12. The highest BCUT2D eigenvalue weighted by atomic mass is 32.2. The lowest BCUT2D eigenvalue weighted by Crippen LogP contribution is -2.29. The summed E-state index contributed by atoms with van der Waals surface area (Å²) in [7, 11) is -1.12. The Morgan fingerprint density at radius 1 is 0.862 bits per heavy atom. The number of hydrogen-bond donors (Lipinski definition) is 1. The molecule has 7 heteroatoms. The molecule has 0 aromatic heterocycles. The summed E-state index contributed by atoms with van der Waals surface area (Å²) < 4.78 is 11.5. The highest BCUT2D eigenvalue weighted by Gasteiger charge is 2.36. The van der Waals surface area contributed by atoms with Gasteiger partial charge in [0.05, 0.1) is 16.8 Å². The van der Waals surface area contributed by atoms with Crippen LogP contribution in [0.4, 0.5) is 11.4 Å². The molecule has 0 radical (unpaired) electrons. The predicted octanol–water partition coefficient (Wildman–Crippen LogP) is 3.48.